The summed E-state index contributed by atoms with van der Waals surface area (Å²) in [5.74, 6) is 1.68. The first-order valence-electron chi connectivity index (χ1n) is 6.50. The third-order valence-electron chi connectivity index (χ3n) is 3.33. The van der Waals surface area contributed by atoms with Crippen molar-refractivity contribution >= 4 is 0 Å². The normalized spacial score (nSPS) is 13.6. The van der Waals surface area contributed by atoms with Crippen LogP contribution in [-0.4, -0.2) is 31.1 Å². The van der Waals surface area contributed by atoms with Crippen molar-refractivity contribution in [1.29, 1.82) is 0 Å². The van der Waals surface area contributed by atoms with Crippen LogP contribution in [0.25, 0.3) is 0 Å². The summed E-state index contributed by atoms with van der Waals surface area (Å²) in [6.45, 7) is 11.8. The largest absolute Gasteiger partial charge is 0.469 e. The minimum absolute atomic E-state index is 0.559. The molecule has 3 nitrogen and oxygen atoms in total. The molecule has 0 saturated carbocycles. The number of aryl methyl sites for hydroxylation is 1. The van der Waals surface area contributed by atoms with E-state index in [-0.39, 0.29) is 0 Å². The minimum Gasteiger partial charge on any atom is -0.469 e. The summed E-state index contributed by atoms with van der Waals surface area (Å²) < 4.78 is 5.34. The van der Waals surface area contributed by atoms with Gasteiger partial charge in [0.2, 0.25) is 0 Å². The number of rotatable bonds is 7. The second-order valence-electron chi connectivity index (χ2n) is 5.04. The zero-order valence-electron chi connectivity index (χ0n) is 11.8. The third kappa shape index (κ3) is 4.17. The Morgan fingerprint density at radius 1 is 1.41 bits per heavy atom. The van der Waals surface area contributed by atoms with Gasteiger partial charge in [-0.25, -0.2) is 0 Å². The van der Waals surface area contributed by atoms with E-state index >= 15 is 0 Å². The number of nitrogens with zero attached hydrogens (tertiary/aromatic N) is 1. The topological polar surface area (TPSA) is 28.4 Å². The van der Waals surface area contributed by atoms with Crippen molar-refractivity contribution in [3.8, 4) is 0 Å². The molecule has 1 aromatic heterocycles. The molecular weight excluding hydrogens is 212 g/mol. The zero-order valence-corrected chi connectivity index (χ0v) is 11.8. The molecule has 17 heavy (non-hydrogen) atoms. The molecule has 1 unspecified atom stereocenters. The van der Waals surface area contributed by atoms with Gasteiger partial charge in [-0.2, -0.15) is 0 Å². The third-order valence-corrected chi connectivity index (χ3v) is 3.33. The Labute approximate surface area is 105 Å². The van der Waals surface area contributed by atoms with Gasteiger partial charge in [-0.1, -0.05) is 20.8 Å². The fraction of sp³-hybridized carbons (Fsp3) is 0.714. The van der Waals surface area contributed by atoms with E-state index in [2.05, 4.69) is 44.1 Å². The molecule has 0 aliphatic rings. The van der Waals surface area contributed by atoms with Crippen LogP contribution >= 0.6 is 0 Å². The van der Waals surface area contributed by atoms with E-state index in [4.69, 9.17) is 4.42 Å². The highest BCUT2D eigenvalue weighted by Crippen LogP contribution is 2.15. The molecule has 1 rings (SSSR count). The Hall–Kier alpha value is -0.800. The summed E-state index contributed by atoms with van der Waals surface area (Å²) in [5.41, 5.74) is 1.29. The molecular formula is C14H26N2O. The van der Waals surface area contributed by atoms with Crippen molar-refractivity contribution < 1.29 is 4.42 Å². The summed E-state index contributed by atoms with van der Waals surface area (Å²) in [6.07, 6.45) is 1.77. The lowest BCUT2D eigenvalue weighted by Gasteiger charge is -2.31. The molecule has 1 N–H and O–H groups in total. The van der Waals surface area contributed by atoms with E-state index < -0.39 is 0 Å². The maximum Gasteiger partial charge on any atom is 0.105 e. The van der Waals surface area contributed by atoms with Gasteiger partial charge in [0.05, 0.1) is 6.26 Å². The second kappa shape index (κ2) is 6.82. The van der Waals surface area contributed by atoms with E-state index in [9.17, 15) is 0 Å². The molecule has 0 saturated heterocycles. The molecule has 0 spiro atoms. The van der Waals surface area contributed by atoms with Crippen LogP contribution < -0.4 is 5.32 Å². The highest BCUT2D eigenvalue weighted by Gasteiger charge is 2.19. The van der Waals surface area contributed by atoms with Crippen LogP contribution in [0.4, 0.5) is 0 Å². The van der Waals surface area contributed by atoms with Crippen molar-refractivity contribution in [3.05, 3.63) is 23.7 Å². The van der Waals surface area contributed by atoms with Gasteiger partial charge < -0.3 is 9.73 Å². The standard InChI is InChI=1S/C14H26N2O/c1-6-15-9-14(11(2)3)16(5)10-13-7-8-17-12(13)4/h7-8,11,14-15H,6,9-10H2,1-5H3. The van der Waals surface area contributed by atoms with E-state index in [1.54, 1.807) is 6.26 Å². The Bertz CT molecular complexity index is 320. The van der Waals surface area contributed by atoms with Crippen LogP contribution in [0.2, 0.25) is 0 Å². The average molecular weight is 238 g/mol. The van der Waals surface area contributed by atoms with Gasteiger partial charge in [0, 0.05) is 24.7 Å². The number of hydrogen-bond acceptors (Lipinski definition) is 3. The Morgan fingerprint density at radius 3 is 2.59 bits per heavy atom. The maximum absolute atomic E-state index is 5.34. The van der Waals surface area contributed by atoms with E-state index in [0.29, 0.717) is 12.0 Å². The predicted octanol–water partition coefficient (Wildman–Crippen LogP) is 2.65. The Balaban J connectivity index is 2.58. The molecule has 3 heteroatoms. The van der Waals surface area contributed by atoms with Crippen LogP contribution in [0, 0.1) is 12.8 Å². The minimum atomic E-state index is 0.559. The van der Waals surface area contributed by atoms with Crippen molar-refractivity contribution in [2.24, 2.45) is 5.92 Å². The number of hydrogen-bond donors (Lipinski definition) is 1. The molecule has 0 fully saturated rings. The fourth-order valence-corrected chi connectivity index (χ4v) is 2.15. The monoisotopic (exact) mass is 238 g/mol. The molecule has 0 aliphatic heterocycles. The Kier molecular flexibility index (Phi) is 5.72. The molecule has 1 atom stereocenters. The van der Waals surface area contributed by atoms with E-state index in [1.807, 2.05) is 6.92 Å². The van der Waals surface area contributed by atoms with Crippen molar-refractivity contribution in [3.63, 3.8) is 0 Å². The number of nitrogens with one attached hydrogen (secondary N) is 1. The SMILES string of the molecule is CCNCC(C(C)C)N(C)Cc1ccoc1C. The summed E-state index contributed by atoms with van der Waals surface area (Å²) in [4.78, 5) is 2.41. The quantitative estimate of drug-likeness (QED) is 0.791. The highest BCUT2D eigenvalue weighted by molar-refractivity contribution is 5.15. The van der Waals surface area contributed by atoms with E-state index in [0.717, 1.165) is 25.4 Å². The maximum atomic E-state index is 5.34. The van der Waals surface area contributed by atoms with Crippen molar-refractivity contribution in [1.82, 2.24) is 10.2 Å². The lowest BCUT2D eigenvalue weighted by molar-refractivity contribution is 0.179. The number of likely N-dealkylation sites (N-methyl/N-ethyl adjacent to an activating group) is 2. The Morgan fingerprint density at radius 2 is 2.12 bits per heavy atom. The molecule has 98 valence electrons. The van der Waals surface area contributed by atoms with E-state index in [1.165, 1.54) is 5.56 Å². The summed E-state index contributed by atoms with van der Waals surface area (Å²) in [6, 6.07) is 2.63. The first-order valence-corrected chi connectivity index (χ1v) is 6.50. The smallest absolute Gasteiger partial charge is 0.105 e. The molecule has 1 aromatic rings. The lowest BCUT2D eigenvalue weighted by atomic mass is 10.0. The van der Waals surface area contributed by atoms with Gasteiger partial charge >= 0.3 is 0 Å². The molecule has 0 aliphatic carbocycles. The first kappa shape index (κ1) is 14.3. The van der Waals surface area contributed by atoms with Crippen molar-refractivity contribution in [2.45, 2.75) is 40.3 Å². The van der Waals surface area contributed by atoms with Gasteiger partial charge in [-0.05, 0) is 32.5 Å². The van der Waals surface area contributed by atoms with Crippen LogP contribution in [0.1, 0.15) is 32.1 Å². The summed E-state index contributed by atoms with van der Waals surface area (Å²) in [5, 5.41) is 3.44. The molecule has 1 heterocycles. The van der Waals surface area contributed by atoms with Gasteiger partial charge in [-0.3, -0.25) is 4.90 Å². The van der Waals surface area contributed by atoms with Gasteiger partial charge in [0.1, 0.15) is 5.76 Å². The highest BCUT2D eigenvalue weighted by atomic mass is 16.3. The molecule has 0 radical (unpaired) electrons. The second-order valence-corrected chi connectivity index (χ2v) is 5.04. The van der Waals surface area contributed by atoms with Gasteiger partial charge in [0.25, 0.3) is 0 Å². The summed E-state index contributed by atoms with van der Waals surface area (Å²) in [7, 11) is 2.19. The van der Waals surface area contributed by atoms with Crippen LogP contribution in [-0.2, 0) is 6.54 Å². The van der Waals surface area contributed by atoms with Crippen LogP contribution in [0.5, 0.6) is 0 Å². The molecule has 0 amide bonds. The van der Waals surface area contributed by atoms with Gasteiger partial charge in [0.15, 0.2) is 0 Å². The average Bonchev–Trinajstić information content (AvgIpc) is 2.64. The first-order chi connectivity index (χ1) is 8.06. The van der Waals surface area contributed by atoms with Crippen molar-refractivity contribution in [2.75, 3.05) is 20.1 Å². The fourth-order valence-electron chi connectivity index (χ4n) is 2.15. The van der Waals surface area contributed by atoms with Crippen LogP contribution in [0.15, 0.2) is 16.7 Å². The zero-order chi connectivity index (χ0) is 12.8. The summed E-state index contributed by atoms with van der Waals surface area (Å²) >= 11 is 0. The lowest BCUT2D eigenvalue weighted by Crippen LogP contribution is -2.43. The number of furan rings is 1. The van der Waals surface area contributed by atoms with Gasteiger partial charge in [-0.15, -0.1) is 0 Å². The predicted molar refractivity (Wildman–Crippen MR) is 72.1 cm³/mol. The molecule has 0 aromatic carbocycles. The molecule has 0 bridgehead atoms. The van der Waals surface area contributed by atoms with Crippen LogP contribution in [0.3, 0.4) is 0 Å².